The topological polar surface area (TPSA) is 9.23 Å². The molecule has 0 N–H and O–H groups in total. The Balaban J connectivity index is 2.91. The van der Waals surface area contributed by atoms with E-state index in [9.17, 15) is 0 Å². The van der Waals surface area contributed by atoms with Gasteiger partial charge in [0.15, 0.2) is 0 Å². The van der Waals surface area contributed by atoms with Crippen molar-refractivity contribution in [2.24, 2.45) is 5.92 Å². The van der Waals surface area contributed by atoms with Crippen molar-refractivity contribution in [2.75, 3.05) is 6.61 Å². The Kier molecular flexibility index (Phi) is 5.97. The zero-order valence-corrected chi connectivity index (χ0v) is 12.2. The molecule has 1 atom stereocenters. The summed E-state index contributed by atoms with van der Waals surface area (Å²) in [5, 5.41) is 0. The van der Waals surface area contributed by atoms with Crippen LogP contribution >= 0.6 is 0 Å². The van der Waals surface area contributed by atoms with Crippen LogP contribution < -0.4 is 4.74 Å². The predicted octanol–water partition coefficient (Wildman–Crippen LogP) is 4.96. The maximum Gasteiger partial charge on any atom is 0.122 e. The lowest BCUT2D eigenvalue weighted by molar-refractivity contribution is 0.313. The maximum atomic E-state index is 5.81. The Morgan fingerprint density at radius 1 is 1.28 bits per heavy atom. The van der Waals surface area contributed by atoms with Gasteiger partial charge in [0.05, 0.1) is 6.61 Å². The van der Waals surface area contributed by atoms with E-state index in [-0.39, 0.29) is 0 Å². The van der Waals surface area contributed by atoms with Crippen LogP contribution in [0.4, 0.5) is 0 Å². The van der Waals surface area contributed by atoms with Crippen LogP contribution in [0.2, 0.25) is 0 Å². The summed E-state index contributed by atoms with van der Waals surface area (Å²) in [6.45, 7) is 13.4. The number of rotatable bonds is 7. The first-order chi connectivity index (χ1) is 8.58. The molecule has 0 aliphatic heterocycles. The van der Waals surface area contributed by atoms with Gasteiger partial charge in [-0.25, -0.2) is 0 Å². The Morgan fingerprint density at radius 3 is 2.56 bits per heavy atom. The average Bonchev–Trinajstić information content (AvgIpc) is 2.36. The first kappa shape index (κ1) is 14.8. The van der Waals surface area contributed by atoms with Crippen LogP contribution in [0, 0.1) is 5.92 Å². The van der Waals surface area contributed by atoms with E-state index >= 15 is 0 Å². The van der Waals surface area contributed by atoms with Crippen molar-refractivity contribution in [1.29, 1.82) is 0 Å². The molecule has 1 aromatic rings. The van der Waals surface area contributed by atoms with Gasteiger partial charge in [-0.2, -0.15) is 0 Å². The third-order valence-corrected chi connectivity index (χ3v) is 3.12. The fourth-order valence-corrected chi connectivity index (χ4v) is 1.97. The second-order valence-electron chi connectivity index (χ2n) is 5.29. The van der Waals surface area contributed by atoms with E-state index in [1.54, 1.807) is 0 Å². The van der Waals surface area contributed by atoms with Gasteiger partial charge in [0.25, 0.3) is 0 Å². The van der Waals surface area contributed by atoms with E-state index in [0.29, 0.717) is 11.8 Å². The van der Waals surface area contributed by atoms with Gasteiger partial charge in [-0.1, -0.05) is 45.9 Å². The van der Waals surface area contributed by atoms with Gasteiger partial charge >= 0.3 is 0 Å². The van der Waals surface area contributed by atoms with E-state index < -0.39 is 0 Å². The summed E-state index contributed by atoms with van der Waals surface area (Å²) in [6.07, 6.45) is 4.11. The van der Waals surface area contributed by atoms with E-state index in [0.717, 1.165) is 25.2 Å². The highest BCUT2D eigenvalue weighted by Crippen LogP contribution is 2.28. The van der Waals surface area contributed by atoms with Crippen molar-refractivity contribution in [2.45, 2.75) is 46.5 Å². The van der Waals surface area contributed by atoms with Crippen molar-refractivity contribution < 1.29 is 4.74 Å². The standard InChI is InChI=1S/C17H26O/c1-6-10-18-17-9-8-15(11-14(5)7-2)12-16(17)13(3)4/h7-9,12-14H,2,6,10-11H2,1,3-5H3. The predicted molar refractivity (Wildman–Crippen MR) is 79.4 cm³/mol. The summed E-state index contributed by atoms with van der Waals surface area (Å²) in [5.74, 6) is 2.06. The molecular formula is C17H26O. The van der Waals surface area contributed by atoms with Crippen molar-refractivity contribution in [1.82, 2.24) is 0 Å². The SMILES string of the molecule is C=CC(C)Cc1ccc(OCCC)c(C(C)C)c1. The lowest BCUT2D eigenvalue weighted by atomic mass is 9.95. The van der Waals surface area contributed by atoms with E-state index in [4.69, 9.17) is 4.74 Å². The Labute approximate surface area is 112 Å². The fraction of sp³-hybridized carbons (Fsp3) is 0.529. The van der Waals surface area contributed by atoms with Crippen molar-refractivity contribution in [3.05, 3.63) is 42.0 Å². The molecule has 0 bridgehead atoms. The minimum Gasteiger partial charge on any atom is -0.493 e. The van der Waals surface area contributed by atoms with Crippen molar-refractivity contribution in [3.63, 3.8) is 0 Å². The molecule has 0 saturated heterocycles. The number of hydrogen-bond donors (Lipinski definition) is 0. The summed E-state index contributed by atoms with van der Waals surface area (Å²) in [7, 11) is 0. The molecule has 0 heterocycles. The first-order valence-corrected chi connectivity index (χ1v) is 6.96. The van der Waals surface area contributed by atoms with Gasteiger partial charge in [0.2, 0.25) is 0 Å². The summed E-state index contributed by atoms with van der Waals surface area (Å²) in [4.78, 5) is 0. The van der Waals surface area contributed by atoms with Gasteiger partial charge in [0, 0.05) is 0 Å². The summed E-state index contributed by atoms with van der Waals surface area (Å²) in [6, 6.07) is 6.59. The lowest BCUT2D eigenvalue weighted by Crippen LogP contribution is -2.02. The van der Waals surface area contributed by atoms with Crippen LogP contribution in [0.25, 0.3) is 0 Å². The lowest BCUT2D eigenvalue weighted by Gasteiger charge is -2.16. The van der Waals surface area contributed by atoms with Gasteiger partial charge in [-0.3, -0.25) is 0 Å². The summed E-state index contributed by atoms with van der Waals surface area (Å²) >= 11 is 0. The molecule has 1 heteroatoms. The Morgan fingerprint density at radius 2 is 2.00 bits per heavy atom. The molecule has 1 unspecified atom stereocenters. The molecule has 0 radical (unpaired) electrons. The molecule has 0 spiro atoms. The highest BCUT2D eigenvalue weighted by Gasteiger charge is 2.10. The first-order valence-electron chi connectivity index (χ1n) is 6.96. The molecule has 18 heavy (non-hydrogen) atoms. The van der Waals surface area contributed by atoms with Gasteiger partial charge in [-0.15, -0.1) is 6.58 Å². The van der Waals surface area contributed by atoms with Crippen LogP contribution in [-0.2, 0) is 6.42 Å². The number of allylic oxidation sites excluding steroid dienone is 1. The second-order valence-corrected chi connectivity index (χ2v) is 5.29. The number of benzene rings is 1. The van der Waals surface area contributed by atoms with E-state index in [1.807, 2.05) is 6.08 Å². The monoisotopic (exact) mass is 246 g/mol. The molecule has 0 saturated carbocycles. The fourth-order valence-electron chi connectivity index (χ4n) is 1.97. The van der Waals surface area contributed by atoms with Crippen LogP contribution in [0.15, 0.2) is 30.9 Å². The molecular weight excluding hydrogens is 220 g/mol. The second kappa shape index (κ2) is 7.25. The quantitative estimate of drug-likeness (QED) is 0.618. The van der Waals surface area contributed by atoms with Gasteiger partial charge in [0.1, 0.15) is 5.75 Å². The van der Waals surface area contributed by atoms with Gasteiger partial charge in [-0.05, 0) is 41.9 Å². The third kappa shape index (κ3) is 4.21. The maximum absolute atomic E-state index is 5.81. The summed E-state index contributed by atoms with van der Waals surface area (Å²) < 4.78 is 5.81. The van der Waals surface area contributed by atoms with Crippen molar-refractivity contribution in [3.8, 4) is 5.75 Å². The average molecular weight is 246 g/mol. The third-order valence-electron chi connectivity index (χ3n) is 3.12. The molecule has 0 aromatic heterocycles. The Bertz CT molecular complexity index is 379. The van der Waals surface area contributed by atoms with Gasteiger partial charge < -0.3 is 4.74 Å². The summed E-state index contributed by atoms with van der Waals surface area (Å²) in [5.41, 5.74) is 2.69. The molecule has 1 aromatic carbocycles. The zero-order valence-electron chi connectivity index (χ0n) is 12.2. The molecule has 0 aliphatic rings. The molecule has 100 valence electrons. The number of hydrogen-bond acceptors (Lipinski definition) is 1. The van der Waals surface area contributed by atoms with Crippen LogP contribution in [0.1, 0.15) is 51.2 Å². The van der Waals surface area contributed by atoms with Crippen molar-refractivity contribution >= 4 is 0 Å². The molecule has 0 fully saturated rings. The minimum absolute atomic E-state index is 0.496. The zero-order chi connectivity index (χ0) is 13.5. The highest BCUT2D eigenvalue weighted by molar-refractivity contribution is 5.39. The van der Waals surface area contributed by atoms with E-state index in [1.165, 1.54) is 11.1 Å². The van der Waals surface area contributed by atoms with Crippen LogP contribution in [-0.4, -0.2) is 6.61 Å². The largest absolute Gasteiger partial charge is 0.493 e. The van der Waals surface area contributed by atoms with Crippen LogP contribution in [0.3, 0.4) is 0 Å². The van der Waals surface area contributed by atoms with Crippen LogP contribution in [0.5, 0.6) is 5.75 Å². The highest BCUT2D eigenvalue weighted by atomic mass is 16.5. The minimum atomic E-state index is 0.496. The van der Waals surface area contributed by atoms with E-state index in [2.05, 4.69) is 52.5 Å². The molecule has 0 aliphatic carbocycles. The molecule has 1 rings (SSSR count). The Hall–Kier alpha value is -1.24. The normalized spacial score (nSPS) is 12.5. The smallest absolute Gasteiger partial charge is 0.122 e. The molecule has 1 nitrogen and oxygen atoms in total. The molecule has 0 amide bonds. The number of ether oxygens (including phenoxy) is 1.